The summed E-state index contributed by atoms with van der Waals surface area (Å²) in [5.41, 5.74) is 0.747. The van der Waals surface area contributed by atoms with Gasteiger partial charge in [0.05, 0.1) is 5.41 Å². The molecular formula is C31H44N4O7. The average Bonchev–Trinajstić information content (AvgIpc) is 3.26. The van der Waals surface area contributed by atoms with Crippen LogP contribution in [0.5, 0.6) is 0 Å². The van der Waals surface area contributed by atoms with Crippen molar-refractivity contribution in [2.75, 3.05) is 11.9 Å². The molecule has 1 aromatic rings. The summed E-state index contributed by atoms with van der Waals surface area (Å²) in [5.74, 6) is -2.32. The van der Waals surface area contributed by atoms with Gasteiger partial charge in [-0.1, -0.05) is 39.3 Å². The molecule has 1 aliphatic heterocycles. The fourth-order valence-corrected chi connectivity index (χ4v) is 3.96. The number of nitrogens with one attached hydrogen (secondary N) is 3. The van der Waals surface area contributed by atoms with E-state index in [1.807, 2.05) is 20.8 Å². The fraction of sp³-hybridized carbons (Fsp3) is 0.548. The molecule has 11 heteroatoms. The Bertz CT molecular complexity index is 1160. The van der Waals surface area contributed by atoms with Crippen molar-refractivity contribution in [2.45, 2.75) is 92.3 Å². The van der Waals surface area contributed by atoms with Crippen LogP contribution in [-0.2, 0) is 40.1 Å². The van der Waals surface area contributed by atoms with E-state index < -0.39 is 29.3 Å². The van der Waals surface area contributed by atoms with Gasteiger partial charge in [0, 0.05) is 30.8 Å². The molecule has 1 aromatic carbocycles. The number of carbonyl (C=O) groups is 6. The number of esters is 1. The molecule has 1 heterocycles. The first-order valence-electron chi connectivity index (χ1n) is 14.5. The number of nitrogens with zero attached hydrogens (tertiary/aromatic N) is 1. The van der Waals surface area contributed by atoms with Crippen molar-refractivity contribution in [3.05, 3.63) is 42.0 Å². The Balaban J connectivity index is 1.77. The minimum atomic E-state index is -0.863. The molecule has 0 radical (unpaired) electrons. The summed E-state index contributed by atoms with van der Waals surface area (Å²) in [6.07, 6.45) is 5.11. The van der Waals surface area contributed by atoms with E-state index in [-0.39, 0.29) is 42.6 Å². The maximum Gasteiger partial charge on any atom is 0.311 e. The largest absolute Gasteiger partial charge is 0.460 e. The van der Waals surface area contributed by atoms with Crippen molar-refractivity contribution in [3.63, 3.8) is 0 Å². The molecule has 0 bridgehead atoms. The van der Waals surface area contributed by atoms with E-state index in [0.717, 1.165) is 5.56 Å². The second kappa shape index (κ2) is 15.8. The first-order chi connectivity index (χ1) is 19.7. The minimum absolute atomic E-state index is 0.129. The third-order valence-corrected chi connectivity index (χ3v) is 7.23. The van der Waals surface area contributed by atoms with Crippen molar-refractivity contribution in [1.29, 1.82) is 0 Å². The van der Waals surface area contributed by atoms with E-state index in [1.54, 1.807) is 45.0 Å². The predicted molar refractivity (Wildman–Crippen MR) is 158 cm³/mol. The van der Waals surface area contributed by atoms with Gasteiger partial charge in [-0.15, -0.1) is 0 Å². The molecule has 5 amide bonds. The highest BCUT2D eigenvalue weighted by molar-refractivity contribution is 6.12. The highest BCUT2D eigenvalue weighted by Gasteiger charge is 2.28. The first kappa shape index (κ1) is 34.2. The van der Waals surface area contributed by atoms with Crippen molar-refractivity contribution < 1.29 is 33.5 Å². The summed E-state index contributed by atoms with van der Waals surface area (Å²) < 4.78 is 5.38. The third kappa shape index (κ3) is 10.4. The van der Waals surface area contributed by atoms with Gasteiger partial charge >= 0.3 is 5.97 Å². The van der Waals surface area contributed by atoms with Crippen LogP contribution < -0.4 is 16.0 Å². The summed E-state index contributed by atoms with van der Waals surface area (Å²) in [6.45, 7) is 11.2. The predicted octanol–water partition coefficient (Wildman–Crippen LogP) is 3.24. The van der Waals surface area contributed by atoms with Crippen molar-refractivity contribution >= 4 is 41.2 Å². The quantitative estimate of drug-likeness (QED) is 0.153. The number of hydrogen-bond donors (Lipinski definition) is 3. The van der Waals surface area contributed by atoms with E-state index in [4.69, 9.17) is 4.74 Å². The van der Waals surface area contributed by atoms with Gasteiger partial charge in [0.15, 0.2) is 0 Å². The van der Waals surface area contributed by atoms with E-state index >= 15 is 0 Å². The molecule has 1 unspecified atom stereocenters. The molecule has 2 atom stereocenters. The average molecular weight is 585 g/mol. The zero-order valence-corrected chi connectivity index (χ0v) is 25.5. The Morgan fingerprint density at radius 3 is 2.07 bits per heavy atom. The van der Waals surface area contributed by atoms with Crippen LogP contribution in [0.25, 0.3) is 0 Å². The number of amides is 5. The van der Waals surface area contributed by atoms with Crippen molar-refractivity contribution in [1.82, 2.24) is 15.5 Å². The normalized spacial score (nSPS) is 14.5. The second-order valence-corrected chi connectivity index (χ2v) is 11.5. The van der Waals surface area contributed by atoms with Crippen LogP contribution in [0.4, 0.5) is 5.69 Å². The van der Waals surface area contributed by atoms with Crippen molar-refractivity contribution in [3.8, 4) is 0 Å². The summed E-state index contributed by atoms with van der Waals surface area (Å²) in [4.78, 5) is 74.6. The number of rotatable bonds is 16. The maximum atomic E-state index is 12.9. The van der Waals surface area contributed by atoms with Gasteiger partial charge in [-0.05, 0) is 63.6 Å². The monoisotopic (exact) mass is 584 g/mol. The van der Waals surface area contributed by atoms with Crippen LogP contribution >= 0.6 is 0 Å². The summed E-state index contributed by atoms with van der Waals surface area (Å²) >= 11 is 0. The topological polar surface area (TPSA) is 151 Å². The molecule has 1 aliphatic rings. The molecule has 0 spiro atoms. The fourth-order valence-electron chi connectivity index (χ4n) is 3.96. The van der Waals surface area contributed by atoms with Crippen LogP contribution in [0.3, 0.4) is 0 Å². The van der Waals surface area contributed by atoms with E-state index in [1.165, 1.54) is 17.1 Å². The van der Waals surface area contributed by atoms with Gasteiger partial charge in [0.2, 0.25) is 17.7 Å². The lowest BCUT2D eigenvalue weighted by Crippen LogP contribution is -2.53. The summed E-state index contributed by atoms with van der Waals surface area (Å²) in [7, 11) is 0. The van der Waals surface area contributed by atoms with Gasteiger partial charge < -0.3 is 20.7 Å². The van der Waals surface area contributed by atoms with E-state index in [2.05, 4.69) is 16.0 Å². The lowest BCUT2D eigenvalue weighted by molar-refractivity contribution is -0.155. The van der Waals surface area contributed by atoms with Crippen LogP contribution in [0.1, 0.15) is 79.2 Å². The molecule has 0 saturated carbocycles. The zero-order valence-electron chi connectivity index (χ0n) is 25.5. The van der Waals surface area contributed by atoms with E-state index in [9.17, 15) is 28.8 Å². The molecule has 0 fully saturated rings. The highest BCUT2D eigenvalue weighted by Crippen LogP contribution is 2.22. The first-order valence-corrected chi connectivity index (χ1v) is 14.5. The van der Waals surface area contributed by atoms with Crippen LogP contribution in [-0.4, -0.2) is 59.0 Å². The molecule has 11 nitrogen and oxygen atoms in total. The van der Waals surface area contributed by atoms with Crippen LogP contribution in [0.15, 0.2) is 36.4 Å². The van der Waals surface area contributed by atoms with E-state index in [0.29, 0.717) is 37.9 Å². The molecule has 42 heavy (non-hydrogen) atoms. The van der Waals surface area contributed by atoms with Gasteiger partial charge in [0.1, 0.15) is 18.7 Å². The molecule has 230 valence electrons. The number of carbonyl (C=O) groups excluding carboxylic acids is 6. The zero-order chi connectivity index (χ0) is 31.4. The molecule has 0 aromatic heterocycles. The molecule has 0 aliphatic carbocycles. The van der Waals surface area contributed by atoms with Gasteiger partial charge in [0.25, 0.3) is 11.8 Å². The minimum Gasteiger partial charge on any atom is -0.460 e. The van der Waals surface area contributed by atoms with Gasteiger partial charge in [-0.2, -0.15) is 0 Å². The Kier molecular flexibility index (Phi) is 12.9. The molecule has 0 saturated heterocycles. The summed E-state index contributed by atoms with van der Waals surface area (Å²) in [6, 6.07) is 5.19. The number of ether oxygens (including phenoxy) is 1. The number of hydrogen-bond acceptors (Lipinski definition) is 7. The SMILES string of the molecule is CCC(C)(C)C(=O)OCc1ccc(NC(=O)[C@H](C)NC(=O)C(NC(=O)CCCCCN2C(=O)C=CC2=O)C(C)C)cc1. The summed E-state index contributed by atoms with van der Waals surface area (Å²) in [5, 5.41) is 8.16. The Hall–Kier alpha value is -4.02. The Morgan fingerprint density at radius 2 is 1.50 bits per heavy atom. The maximum absolute atomic E-state index is 12.9. The molecule has 2 rings (SSSR count). The lowest BCUT2D eigenvalue weighted by Gasteiger charge is -2.24. The number of benzene rings is 1. The van der Waals surface area contributed by atoms with Crippen molar-refractivity contribution in [2.24, 2.45) is 11.3 Å². The Labute approximate surface area is 247 Å². The van der Waals surface area contributed by atoms with Crippen LogP contribution in [0.2, 0.25) is 0 Å². The van der Waals surface area contributed by atoms with Crippen LogP contribution in [0, 0.1) is 11.3 Å². The molecular weight excluding hydrogens is 540 g/mol. The number of anilines is 1. The third-order valence-electron chi connectivity index (χ3n) is 7.23. The number of imide groups is 1. The standard InChI is InChI=1S/C31H44N4O7/c1-7-31(5,6)30(41)42-19-22-12-14-23(15-13-22)33-28(39)21(4)32-29(40)27(20(2)3)34-24(36)11-9-8-10-18-35-25(37)16-17-26(35)38/h12-17,20-21,27H,7-11,18-19H2,1-6H3,(H,32,40)(H,33,39)(H,34,36)/t21-,27?/m0/s1. The van der Waals surface area contributed by atoms with Gasteiger partial charge in [-0.25, -0.2) is 0 Å². The van der Waals surface area contributed by atoms with Gasteiger partial charge in [-0.3, -0.25) is 33.7 Å². The molecule has 3 N–H and O–H groups in total. The smallest absolute Gasteiger partial charge is 0.311 e. The highest BCUT2D eigenvalue weighted by atomic mass is 16.5. The Morgan fingerprint density at radius 1 is 0.881 bits per heavy atom. The lowest BCUT2D eigenvalue weighted by atomic mass is 9.91. The number of unbranched alkanes of at least 4 members (excludes halogenated alkanes) is 2. The second-order valence-electron chi connectivity index (χ2n) is 11.5.